The summed E-state index contributed by atoms with van der Waals surface area (Å²) in [5.41, 5.74) is 3.85. The molecule has 134 valence electrons. The van der Waals surface area contributed by atoms with E-state index in [1.165, 1.54) is 0 Å². The van der Waals surface area contributed by atoms with Gasteiger partial charge >= 0.3 is 0 Å². The van der Waals surface area contributed by atoms with Crippen LogP contribution in [0.25, 0.3) is 22.2 Å². The monoisotopic (exact) mass is 357 g/mol. The number of carbonyl (C=O) groups is 1. The van der Waals surface area contributed by atoms with Gasteiger partial charge in [0.15, 0.2) is 6.61 Å². The number of ether oxygens (including phenoxy) is 1. The van der Waals surface area contributed by atoms with Gasteiger partial charge in [-0.2, -0.15) is 0 Å². The molecule has 0 bridgehead atoms. The van der Waals surface area contributed by atoms with E-state index in [0.717, 1.165) is 22.2 Å². The molecule has 4 rings (SSSR count). The van der Waals surface area contributed by atoms with Gasteiger partial charge < -0.3 is 15.0 Å². The van der Waals surface area contributed by atoms with Crippen LogP contribution in [0.4, 0.5) is 0 Å². The highest BCUT2D eigenvalue weighted by Gasteiger charge is 2.09. The zero-order chi connectivity index (χ0) is 18.5. The lowest BCUT2D eigenvalue weighted by atomic mass is 10.1. The van der Waals surface area contributed by atoms with E-state index in [-0.39, 0.29) is 12.5 Å². The molecule has 0 unspecified atom stereocenters. The minimum Gasteiger partial charge on any atom is -0.483 e. The van der Waals surface area contributed by atoms with Crippen molar-refractivity contribution in [2.24, 2.45) is 0 Å². The summed E-state index contributed by atoms with van der Waals surface area (Å²) >= 11 is 0. The Morgan fingerprint density at radius 2 is 1.67 bits per heavy atom. The minimum atomic E-state index is -0.196. The molecular formula is C22H19N3O2. The van der Waals surface area contributed by atoms with Crippen LogP contribution in [0.2, 0.25) is 0 Å². The summed E-state index contributed by atoms with van der Waals surface area (Å²) in [5, 5.41) is 2.83. The third-order valence-corrected chi connectivity index (χ3v) is 4.22. The second kappa shape index (κ2) is 7.74. The molecule has 1 aromatic heterocycles. The summed E-state index contributed by atoms with van der Waals surface area (Å²) < 4.78 is 5.76. The van der Waals surface area contributed by atoms with Gasteiger partial charge in [-0.15, -0.1) is 0 Å². The number of para-hydroxylation sites is 3. The van der Waals surface area contributed by atoms with Crippen LogP contribution >= 0.6 is 0 Å². The molecule has 27 heavy (non-hydrogen) atoms. The van der Waals surface area contributed by atoms with E-state index < -0.39 is 0 Å². The van der Waals surface area contributed by atoms with E-state index in [0.29, 0.717) is 18.1 Å². The molecule has 1 amide bonds. The number of aromatic nitrogens is 2. The Balaban J connectivity index is 1.37. The number of hydrogen-bond donors (Lipinski definition) is 2. The Bertz CT molecular complexity index is 1020. The van der Waals surface area contributed by atoms with E-state index in [1.807, 2.05) is 78.9 Å². The molecule has 0 fully saturated rings. The van der Waals surface area contributed by atoms with Crippen LogP contribution in [-0.2, 0) is 11.3 Å². The van der Waals surface area contributed by atoms with Gasteiger partial charge in [0.1, 0.15) is 11.6 Å². The first kappa shape index (κ1) is 16.8. The van der Waals surface area contributed by atoms with E-state index in [2.05, 4.69) is 15.3 Å². The smallest absolute Gasteiger partial charge is 0.258 e. The third kappa shape index (κ3) is 3.98. The second-order valence-corrected chi connectivity index (χ2v) is 6.13. The number of amides is 1. The van der Waals surface area contributed by atoms with Crippen molar-refractivity contribution in [3.63, 3.8) is 0 Å². The van der Waals surface area contributed by atoms with Gasteiger partial charge in [-0.25, -0.2) is 4.98 Å². The predicted octanol–water partition coefficient (Wildman–Crippen LogP) is 3.93. The predicted molar refractivity (Wildman–Crippen MR) is 105 cm³/mol. The Morgan fingerprint density at radius 1 is 0.926 bits per heavy atom. The fourth-order valence-electron chi connectivity index (χ4n) is 2.91. The largest absolute Gasteiger partial charge is 0.483 e. The second-order valence-electron chi connectivity index (χ2n) is 6.13. The first-order valence-corrected chi connectivity index (χ1v) is 8.77. The van der Waals surface area contributed by atoms with Crippen molar-refractivity contribution < 1.29 is 9.53 Å². The SMILES string of the molecule is O=C(COc1ccccc1-c1ccccc1)NCc1nc2ccccc2[nH]1. The van der Waals surface area contributed by atoms with Gasteiger partial charge in [-0.1, -0.05) is 60.7 Å². The number of H-pyrrole nitrogens is 1. The molecule has 1 heterocycles. The molecule has 0 aliphatic heterocycles. The molecule has 0 saturated heterocycles. The highest BCUT2D eigenvalue weighted by molar-refractivity contribution is 5.79. The average molecular weight is 357 g/mol. The number of hydrogen-bond acceptors (Lipinski definition) is 3. The maximum absolute atomic E-state index is 12.2. The molecule has 3 aromatic carbocycles. The summed E-state index contributed by atoms with van der Waals surface area (Å²) in [4.78, 5) is 19.8. The summed E-state index contributed by atoms with van der Waals surface area (Å²) in [6, 6.07) is 25.4. The van der Waals surface area contributed by atoms with Crippen molar-refractivity contribution in [2.75, 3.05) is 6.61 Å². The van der Waals surface area contributed by atoms with Crippen LogP contribution in [0.15, 0.2) is 78.9 Å². The molecule has 4 aromatic rings. The Hall–Kier alpha value is -3.60. The van der Waals surface area contributed by atoms with E-state index in [1.54, 1.807) is 0 Å². The number of aromatic amines is 1. The summed E-state index contributed by atoms with van der Waals surface area (Å²) in [7, 11) is 0. The van der Waals surface area contributed by atoms with Crippen LogP contribution in [-0.4, -0.2) is 22.5 Å². The third-order valence-electron chi connectivity index (χ3n) is 4.22. The minimum absolute atomic E-state index is 0.0515. The molecule has 2 N–H and O–H groups in total. The van der Waals surface area contributed by atoms with Crippen LogP contribution in [0.5, 0.6) is 5.75 Å². The van der Waals surface area contributed by atoms with Gasteiger partial charge in [-0.05, 0) is 23.8 Å². The lowest BCUT2D eigenvalue weighted by molar-refractivity contribution is -0.123. The lowest BCUT2D eigenvalue weighted by Crippen LogP contribution is -2.28. The number of rotatable bonds is 6. The molecule has 0 aliphatic carbocycles. The van der Waals surface area contributed by atoms with Crippen molar-refractivity contribution in [1.29, 1.82) is 0 Å². The van der Waals surface area contributed by atoms with Crippen molar-refractivity contribution >= 4 is 16.9 Å². The fraction of sp³-hybridized carbons (Fsp3) is 0.0909. The number of nitrogens with zero attached hydrogens (tertiary/aromatic N) is 1. The van der Waals surface area contributed by atoms with Crippen LogP contribution < -0.4 is 10.1 Å². The zero-order valence-corrected chi connectivity index (χ0v) is 14.7. The van der Waals surface area contributed by atoms with Gasteiger partial charge in [0.2, 0.25) is 0 Å². The van der Waals surface area contributed by atoms with Crippen molar-refractivity contribution in [2.45, 2.75) is 6.54 Å². The van der Waals surface area contributed by atoms with Gasteiger partial charge in [-0.3, -0.25) is 4.79 Å². The lowest BCUT2D eigenvalue weighted by Gasteiger charge is -2.11. The highest BCUT2D eigenvalue weighted by Crippen LogP contribution is 2.29. The quantitative estimate of drug-likeness (QED) is 0.549. The first-order valence-electron chi connectivity index (χ1n) is 8.77. The summed E-state index contributed by atoms with van der Waals surface area (Å²) in [5.74, 6) is 1.20. The normalized spacial score (nSPS) is 10.7. The molecule has 0 saturated carbocycles. The standard InChI is InChI=1S/C22H19N3O2/c26-22(23-14-21-24-18-11-5-6-12-19(18)25-21)15-27-20-13-7-4-10-17(20)16-8-2-1-3-9-16/h1-13H,14-15H2,(H,23,26)(H,24,25). The molecule has 5 heteroatoms. The van der Waals surface area contributed by atoms with Gasteiger partial charge in [0.25, 0.3) is 5.91 Å². The summed E-state index contributed by atoms with van der Waals surface area (Å²) in [6.07, 6.45) is 0. The van der Waals surface area contributed by atoms with Crippen molar-refractivity contribution in [1.82, 2.24) is 15.3 Å². The topological polar surface area (TPSA) is 67.0 Å². The van der Waals surface area contributed by atoms with Crippen LogP contribution in [0, 0.1) is 0 Å². The molecule has 5 nitrogen and oxygen atoms in total. The van der Waals surface area contributed by atoms with Crippen molar-refractivity contribution in [3.05, 3.63) is 84.7 Å². The Labute approximate surface area is 157 Å². The maximum Gasteiger partial charge on any atom is 0.258 e. The van der Waals surface area contributed by atoms with Crippen LogP contribution in [0.1, 0.15) is 5.82 Å². The molecule has 0 aliphatic rings. The Morgan fingerprint density at radius 3 is 2.52 bits per heavy atom. The van der Waals surface area contributed by atoms with Gasteiger partial charge in [0, 0.05) is 5.56 Å². The van der Waals surface area contributed by atoms with E-state index in [4.69, 9.17) is 4.74 Å². The maximum atomic E-state index is 12.2. The number of fused-ring (bicyclic) bond motifs is 1. The number of carbonyl (C=O) groups excluding carboxylic acids is 1. The van der Waals surface area contributed by atoms with Crippen LogP contribution in [0.3, 0.4) is 0 Å². The Kier molecular flexibility index (Phi) is 4.83. The fourth-order valence-corrected chi connectivity index (χ4v) is 2.91. The number of imidazole rings is 1. The molecule has 0 atom stereocenters. The highest BCUT2D eigenvalue weighted by atomic mass is 16.5. The summed E-state index contributed by atoms with van der Waals surface area (Å²) in [6.45, 7) is 0.279. The van der Waals surface area contributed by atoms with E-state index >= 15 is 0 Å². The molecule has 0 radical (unpaired) electrons. The average Bonchev–Trinajstić information content (AvgIpc) is 3.15. The number of benzene rings is 3. The van der Waals surface area contributed by atoms with Gasteiger partial charge in [0.05, 0.1) is 17.6 Å². The molecule has 0 spiro atoms. The zero-order valence-electron chi connectivity index (χ0n) is 14.7. The number of nitrogens with one attached hydrogen (secondary N) is 2. The van der Waals surface area contributed by atoms with E-state index in [9.17, 15) is 4.79 Å². The van der Waals surface area contributed by atoms with Crippen molar-refractivity contribution in [3.8, 4) is 16.9 Å². The first-order chi connectivity index (χ1) is 13.3. The molecular weight excluding hydrogens is 338 g/mol.